The van der Waals surface area contributed by atoms with Crippen molar-refractivity contribution in [2.45, 2.75) is 233 Å². The predicted molar refractivity (Wildman–Crippen MR) is 300 cm³/mol. The van der Waals surface area contributed by atoms with Crippen LogP contribution in [0, 0.1) is 29.6 Å². The molecule has 0 unspecified atom stereocenters. The number of hydrogen-bond donors (Lipinski definition) is 14. The van der Waals surface area contributed by atoms with Crippen LogP contribution in [0.3, 0.4) is 0 Å². The molecule has 19 N–H and O–H groups in total. The van der Waals surface area contributed by atoms with Crippen molar-refractivity contribution >= 4 is 53.2 Å². The molecular weight excluding hydrogens is 991 g/mol. The van der Waals surface area contributed by atoms with Gasteiger partial charge in [0.05, 0.1) is 6.04 Å². The normalized spacial score (nSPS) is 15.1. The smallest absolute Gasteiger partial charge is 0.326 e. The Morgan fingerprint density at radius 1 is 0.299 bits per heavy atom. The number of amides is 8. The molecule has 0 aliphatic rings. The number of aliphatic carboxylic acids is 1. The number of carbonyl (C=O) groups is 9. The minimum atomic E-state index is -1.21. The van der Waals surface area contributed by atoms with Crippen LogP contribution in [0.4, 0.5) is 0 Å². The Hall–Kier alpha value is -4.97. The Bertz CT molecular complexity index is 1790. The van der Waals surface area contributed by atoms with Crippen molar-refractivity contribution in [1.29, 1.82) is 0 Å². The van der Waals surface area contributed by atoms with Gasteiger partial charge in [0.25, 0.3) is 0 Å². The van der Waals surface area contributed by atoms with Gasteiger partial charge in [0, 0.05) is 0 Å². The maximum absolute atomic E-state index is 14.4. The molecule has 0 radical (unpaired) electrons. The van der Waals surface area contributed by atoms with E-state index in [2.05, 4.69) is 42.5 Å². The fraction of sp³-hybridized carbons (Fsp3) is 0.833. The molecule has 77 heavy (non-hydrogen) atoms. The number of hydrogen-bond acceptors (Lipinski definition) is 14. The maximum atomic E-state index is 14.4. The van der Waals surface area contributed by atoms with Crippen molar-refractivity contribution in [2.24, 2.45) is 58.3 Å². The second-order valence-electron chi connectivity index (χ2n) is 22.7. The minimum Gasteiger partial charge on any atom is -0.480 e. The number of nitrogens with one attached hydrogen (secondary N) is 8. The first-order valence-electron chi connectivity index (χ1n) is 28.4. The SMILES string of the molecule is CC(C)C[C@H](NC(=O)[C@H](CCCCN)NC(=O)[C@H](CC(C)C)NC(=O)[C@H](CCCCN)NC(=O)[C@H](CC(C)C)NC(=O)[C@H](CCCCN)NC(=O)[C@H](CC(C)C)NC(=O)[C@H](CCCCN)NC(=O)[C@@H](N)CC(C)C)C(=O)O. The minimum absolute atomic E-state index is 0.0476. The van der Waals surface area contributed by atoms with Gasteiger partial charge in [-0.05, 0) is 165 Å². The van der Waals surface area contributed by atoms with Gasteiger partial charge in [-0.3, -0.25) is 38.4 Å². The first-order chi connectivity index (χ1) is 36.2. The molecule has 0 heterocycles. The molecule has 0 aliphatic carbocycles. The van der Waals surface area contributed by atoms with Gasteiger partial charge in [-0.1, -0.05) is 69.2 Å². The fourth-order valence-electron chi connectivity index (χ4n) is 8.65. The number of unbranched alkanes of at least 4 members (excludes halogenated alkanes) is 4. The Labute approximate surface area is 459 Å². The summed E-state index contributed by atoms with van der Waals surface area (Å²) in [6.07, 6.45) is 5.68. The second-order valence-corrected chi connectivity index (χ2v) is 22.7. The summed E-state index contributed by atoms with van der Waals surface area (Å²) in [6, 6.07) is -10.0. The molecule has 446 valence electrons. The van der Waals surface area contributed by atoms with E-state index < -0.39 is 108 Å². The third-order valence-corrected chi connectivity index (χ3v) is 12.7. The summed E-state index contributed by atoms with van der Waals surface area (Å²) in [5, 5.41) is 31.9. The van der Waals surface area contributed by atoms with Crippen LogP contribution in [-0.4, -0.2) is 139 Å². The summed E-state index contributed by atoms with van der Waals surface area (Å²) >= 11 is 0. The van der Waals surface area contributed by atoms with Crippen LogP contribution in [-0.2, 0) is 43.2 Å². The second kappa shape index (κ2) is 40.2. The van der Waals surface area contributed by atoms with Gasteiger partial charge < -0.3 is 76.3 Å². The summed E-state index contributed by atoms with van der Waals surface area (Å²) in [5.74, 6) is -6.65. The number of carbonyl (C=O) groups excluding carboxylic acids is 8. The molecule has 0 aromatic carbocycles. The highest BCUT2D eigenvalue weighted by Crippen LogP contribution is 2.15. The topological polar surface area (TPSA) is 400 Å². The third kappa shape index (κ3) is 31.9. The molecule has 0 aromatic rings. The quantitative estimate of drug-likeness (QED) is 0.0379. The molecule has 0 aromatic heterocycles. The molecule has 0 rings (SSSR count). The Morgan fingerprint density at radius 3 is 0.714 bits per heavy atom. The van der Waals surface area contributed by atoms with E-state index in [0.717, 1.165) is 0 Å². The van der Waals surface area contributed by atoms with E-state index in [-0.39, 0.29) is 81.0 Å². The van der Waals surface area contributed by atoms with Gasteiger partial charge in [-0.25, -0.2) is 4.79 Å². The average Bonchev–Trinajstić information content (AvgIpc) is 3.33. The van der Waals surface area contributed by atoms with E-state index in [1.54, 1.807) is 0 Å². The molecule has 8 amide bonds. The number of rotatable bonds is 43. The summed E-state index contributed by atoms with van der Waals surface area (Å²) in [5.41, 5.74) is 29.2. The van der Waals surface area contributed by atoms with Gasteiger partial charge in [-0.2, -0.15) is 0 Å². The number of nitrogens with two attached hydrogens (primary N) is 5. The Balaban J connectivity index is 6.82. The molecule has 0 saturated carbocycles. The van der Waals surface area contributed by atoms with Crippen LogP contribution >= 0.6 is 0 Å². The summed E-state index contributed by atoms with van der Waals surface area (Å²) < 4.78 is 0. The van der Waals surface area contributed by atoms with Gasteiger partial charge in [-0.15, -0.1) is 0 Å². The highest BCUT2D eigenvalue weighted by Gasteiger charge is 2.36. The molecule has 0 spiro atoms. The first kappa shape index (κ1) is 72.0. The maximum Gasteiger partial charge on any atom is 0.326 e. The van der Waals surface area contributed by atoms with Crippen molar-refractivity contribution in [2.75, 3.05) is 26.2 Å². The van der Waals surface area contributed by atoms with Crippen molar-refractivity contribution < 1.29 is 48.3 Å². The monoisotopic (exact) mass is 1100 g/mol. The lowest BCUT2D eigenvalue weighted by Crippen LogP contribution is -2.60. The van der Waals surface area contributed by atoms with Crippen LogP contribution in [0.25, 0.3) is 0 Å². The van der Waals surface area contributed by atoms with Crippen LogP contribution < -0.4 is 71.2 Å². The van der Waals surface area contributed by atoms with E-state index in [4.69, 9.17) is 28.7 Å². The van der Waals surface area contributed by atoms with Crippen molar-refractivity contribution in [3.63, 3.8) is 0 Å². The van der Waals surface area contributed by atoms with E-state index in [1.165, 1.54) is 0 Å². The van der Waals surface area contributed by atoms with E-state index in [0.29, 0.717) is 84.0 Å². The van der Waals surface area contributed by atoms with Crippen molar-refractivity contribution in [3.05, 3.63) is 0 Å². The predicted octanol–water partition coefficient (Wildman–Crippen LogP) is 1.02. The van der Waals surface area contributed by atoms with E-state index in [1.807, 2.05) is 69.2 Å². The van der Waals surface area contributed by atoms with Crippen molar-refractivity contribution in [3.8, 4) is 0 Å². The highest BCUT2D eigenvalue weighted by molar-refractivity contribution is 5.98. The zero-order valence-corrected chi connectivity index (χ0v) is 48.4. The summed E-state index contributed by atoms with van der Waals surface area (Å²) in [4.78, 5) is 124. The lowest BCUT2D eigenvalue weighted by molar-refractivity contribution is -0.143. The summed E-state index contributed by atoms with van der Waals surface area (Å²) in [6.45, 7) is 20.0. The molecule has 0 saturated heterocycles. The van der Waals surface area contributed by atoms with Gasteiger partial charge in [0.15, 0.2) is 0 Å². The highest BCUT2D eigenvalue weighted by atomic mass is 16.4. The number of carboxylic acids is 1. The molecule has 23 nitrogen and oxygen atoms in total. The van der Waals surface area contributed by atoms with Crippen LogP contribution in [0.5, 0.6) is 0 Å². The molecule has 0 aliphatic heterocycles. The zero-order chi connectivity index (χ0) is 58.8. The zero-order valence-electron chi connectivity index (χ0n) is 48.4. The van der Waals surface area contributed by atoms with Gasteiger partial charge in [0.1, 0.15) is 48.3 Å². The molecular formula is C54H105N13O10. The summed E-state index contributed by atoms with van der Waals surface area (Å²) in [7, 11) is 0. The molecule has 0 fully saturated rings. The van der Waals surface area contributed by atoms with E-state index in [9.17, 15) is 48.3 Å². The molecule has 0 bridgehead atoms. The molecule has 9 atom stereocenters. The van der Waals surface area contributed by atoms with Gasteiger partial charge in [0.2, 0.25) is 47.3 Å². The van der Waals surface area contributed by atoms with E-state index >= 15 is 0 Å². The lowest BCUT2D eigenvalue weighted by atomic mass is 9.99. The van der Waals surface area contributed by atoms with Crippen LogP contribution in [0.2, 0.25) is 0 Å². The van der Waals surface area contributed by atoms with Crippen LogP contribution in [0.1, 0.15) is 178 Å². The third-order valence-electron chi connectivity index (χ3n) is 12.7. The van der Waals surface area contributed by atoms with Gasteiger partial charge >= 0.3 is 5.97 Å². The standard InChI is InChI=1S/C54H105N13O10/c1-32(2)27-37(59)46(68)60-38(19-11-15-23-55)47(69)64-42(28-33(3)4)51(73)61-39(20-12-16-24-56)48(70)65-43(29-34(5)6)52(74)62-40(21-13-17-25-57)49(71)66-44(30-35(7)8)53(75)63-41(22-14-18-26-58)50(72)67-45(54(76)77)31-36(9)10/h32-45H,11-31,55-59H2,1-10H3,(H,60,68)(H,61,73)(H,62,74)(H,63,75)(H,64,69)(H,65,70)(H,66,71)(H,67,72)(H,76,77)/t37-,38-,39-,40-,41-,42-,43-,44-,45-/m0/s1. The first-order valence-corrected chi connectivity index (χ1v) is 28.4. The largest absolute Gasteiger partial charge is 0.480 e. The Kier molecular flexibility index (Phi) is 37.7. The fourth-order valence-corrected chi connectivity index (χ4v) is 8.65. The molecule has 23 heteroatoms. The average molecular weight is 1100 g/mol. The lowest BCUT2D eigenvalue weighted by Gasteiger charge is -2.29. The van der Waals surface area contributed by atoms with Crippen molar-refractivity contribution in [1.82, 2.24) is 42.5 Å². The number of carboxylic acid groups (broad SMARTS) is 1. The van der Waals surface area contributed by atoms with Crippen LogP contribution in [0.15, 0.2) is 0 Å². The Morgan fingerprint density at radius 2 is 0.494 bits per heavy atom.